The van der Waals surface area contributed by atoms with Gasteiger partial charge in [-0.2, -0.15) is 0 Å². The third kappa shape index (κ3) is 6.63. The highest BCUT2D eigenvalue weighted by molar-refractivity contribution is 7.89. The zero-order chi connectivity index (χ0) is 16.0. The summed E-state index contributed by atoms with van der Waals surface area (Å²) in [7, 11) is -3.26. The number of rotatable bonds is 9. The Morgan fingerprint density at radius 1 is 1.19 bits per heavy atom. The summed E-state index contributed by atoms with van der Waals surface area (Å²) >= 11 is 0. The average molecular weight is 316 g/mol. The monoisotopic (exact) mass is 316 g/mol. The van der Waals surface area contributed by atoms with Crippen LogP contribution in [0, 0.1) is 13.8 Å². The summed E-state index contributed by atoms with van der Waals surface area (Å²) in [6.45, 7) is 10.6. The molecule has 2 N–H and O–H groups in total. The molecule has 0 saturated heterocycles. The molecule has 0 radical (unpaired) electrons. The second kappa shape index (κ2) is 7.96. The highest BCUT2D eigenvalue weighted by Crippen LogP contribution is 2.21. The van der Waals surface area contributed by atoms with E-state index in [-0.39, 0.29) is 11.8 Å². The maximum atomic E-state index is 12.1. The van der Waals surface area contributed by atoms with Crippen molar-refractivity contribution in [3.63, 3.8) is 0 Å². The molecule has 0 aliphatic carbocycles. The van der Waals surface area contributed by atoms with Gasteiger partial charge in [0.2, 0.25) is 10.0 Å². The lowest BCUT2D eigenvalue weighted by Crippen LogP contribution is -2.30. The molecule has 1 rings (SSSR count). The summed E-state index contributed by atoms with van der Waals surface area (Å²) < 4.78 is 32.3. The van der Waals surface area contributed by atoms with Gasteiger partial charge in [0.1, 0.15) is 11.5 Å². The summed E-state index contributed by atoms with van der Waals surface area (Å²) in [5.74, 6) is 1.73. The van der Waals surface area contributed by atoms with Gasteiger partial charge < -0.3 is 9.73 Å². The van der Waals surface area contributed by atoms with Crippen LogP contribution in [0.2, 0.25) is 0 Å². The molecule has 1 aromatic heterocycles. The number of furan rings is 1. The van der Waals surface area contributed by atoms with Crippen LogP contribution >= 0.6 is 0 Å². The normalized spacial score (nSPS) is 13.8. The smallest absolute Gasteiger partial charge is 0.212 e. The van der Waals surface area contributed by atoms with Crippen molar-refractivity contribution in [3.05, 3.63) is 23.2 Å². The topological polar surface area (TPSA) is 71.3 Å². The Bertz CT molecular complexity index is 535. The molecule has 1 unspecified atom stereocenters. The van der Waals surface area contributed by atoms with Crippen molar-refractivity contribution in [2.24, 2.45) is 0 Å². The van der Waals surface area contributed by atoms with Gasteiger partial charge in [0.25, 0.3) is 0 Å². The maximum Gasteiger partial charge on any atom is 0.212 e. The number of hydrogen-bond donors (Lipinski definition) is 2. The van der Waals surface area contributed by atoms with Gasteiger partial charge in [-0.3, -0.25) is 0 Å². The fraction of sp³-hybridized carbons (Fsp3) is 0.733. The first kappa shape index (κ1) is 18.2. The van der Waals surface area contributed by atoms with Crippen molar-refractivity contribution in [3.8, 4) is 0 Å². The highest BCUT2D eigenvalue weighted by atomic mass is 32.2. The summed E-state index contributed by atoms with van der Waals surface area (Å²) in [6.07, 6.45) is 1.52. The lowest BCUT2D eigenvalue weighted by atomic mass is 10.1. The SMILES string of the molecule is Cc1cc(C(C)NS(=O)(=O)CCCCNC(C)C)c(C)o1. The fourth-order valence-corrected chi connectivity index (χ4v) is 3.65. The maximum absolute atomic E-state index is 12.1. The number of nitrogens with one attached hydrogen (secondary N) is 2. The van der Waals surface area contributed by atoms with Crippen LogP contribution in [0.4, 0.5) is 0 Å². The molecule has 0 aliphatic rings. The molecule has 0 fully saturated rings. The molecule has 0 aromatic carbocycles. The quantitative estimate of drug-likeness (QED) is 0.687. The van der Waals surface area contributed by atoms with E-state index in [9.17, 15) is 8.42 Å². The van der Waals surface area contributed by atoms with Gasteiger partial charge >= 0.3 is 0 Å². The van der Waals surface area contributed by atoms with Crippen molar-refractivity contribution in [1.82, 2.24) is 10.0 Å². The Morgan fingerprint density at radius 3 is 2.38 bits per heavy atom. The van der Waals surface area contributed by atoms with E-state index < -0.39 is 10.0 Å². The Hall–Kier alpha value is -0.850. The van der Waals surface area contributed by atoms with E-state index in [0.29, 0.717) is 12.5 Å². The third-order valence-corrected chi connectivity index (χ3v) is 4.83. The average Bonchev–Trinajstić information content (AvgIpc) is 2.67. The summed E-state index contributed by atoms with van der Waals surface area (Å²) in [5.41, 5.74) is 0.901. The Morgan fingerprint density at radius 2 is 1.86 bits per heavy atom. The highest BCUT2D eigenvalue weighted by Gasteiger charge is 2.18. The predicted octanol–water partition coefficient (Wildman–Crippen LogP) is 2.66. The first-order valence-corrected chi connectivity index (χ1v) is 9.17. The second-order valence-electron chi connectivity index (χ2n) is 5.84. The minimum atomic E-state index is -3.26. The molecule has 0 saturated carbocycles. The first-order valence-electron chi connectivity index (χ1n) is 7.51. The molecule has 1 aromatic rings. The molecular weight excluding hydrogens is 288 g/mol. The number of unbranched alkanes of at least 4 members (excludes halogenated alkanes) is 1. The minimum Gasteiger partial charge on any atom is -0.466 e. The van der Waals surface area contributed by atoms with E-state index in [1.54, 1.807) is 0 Å². The van der Waals surface area contributed by atoms with Gasteiger partial charge in [-0.25, -0.2) is 13.1 Å². The van der Waals surface area contributed by atoms with Crippen LogP contribution < -0.4 is 10.0 Å². The summed E-state index contributed by atoms with van der Waals surface area (Å²) in [4.78, 5) is 0. The van der Waals surface area contributed by atoms with Crippen molar-refractivity contribution in [2.75, 3.05) is 12.3 Å². The van der Waals surface area contributed by atoms with Gasteiger partial charge in [0, 0.05) is 17.6 Å². The molecule has 0 amide bonds. The minimum absolute atomic E-state index is 0.160. The van der Waals surface area contributed by atoms with Crippen LogP contribution in [-0.2, 0) is 10.0 Å². The van der Waals surface area contributed by atoms with Gasteiger partial charge in [-0.05, 0) is 46.2 Å². The number of aryl methyl sites for hydroxylation is 2. The van der Waals surface area contributed by atoms with Crippen LogP contribution in [0.15, 0.2) is 10.5 Å². The lowest BCUT2D eigenvalue weighted by Gasteiger charge is -2.14. The second-order valence-corrected chi connectivity index (χ2v) is 7.72. The van der Waals surface area contributed by atoms with Crippen molar-refractivity contribution < 1.29 is 12.8 Å². The van der Waals surface area contributed by atoms with Crippen molar-refractivity contribution in [2.45, 2.75) is 59.5 Å². The molecule has 1 heterocycles. The summed E-state index contributed by atoms with van der Waals surface area (Å²) in [5, 5.41) is 3.28. The van der Waals surface area contributed by atoms with Gasteiger partial charge in [0.15, 0.2) is 0 Å². The van der Waals surface area contributed by atoms with E-state index in [4.69, 9.17) is 4.42 Å². The zero-order valence-corrected chi connectivity index (χ0v) is 14.5. The lowest BCUT2D eigenvalue weighted by molar-refractivity contribution is 0.496. The summed E-state index contributed by atoms with van der Waals surface area (Å²) in [6, 6.07) is 2.06. The number of hydrogen-bond acceptors (Lipinski definition) is 4. The Kier molecular flexibility index (Phi) is 6.90. The van der Waals surface area contributed by atoms with Crippen LogP contribution in [0.25, 0.3) is 0 Å². The van der Waals surface area contributed by atoms with Crippen molar-refractivity contribution in [1.29, 1.82) is 0 Å². The van der Waals surface area contributed by atoms with E-state index in [1.807, 2.05) is 26.8 Å². The van der Waals surface area contributed by atoms with Crippen LogP contribution in [0.5, 0.6) is 0 Å². The zero-order valence-electron chi connectivity index (χ0n) is 13.7. The van der Waals surface area contributed by atoms with Gasteiger partial charge in [-0.15, -0.1) is 0 Å². The number of sulfonamides is 1. The van der Waals surface area contributed by atoms with E-state index >= 15 is 0 Å². The fourth-order valence-electron chi connectivity index (χ4n) is 2.28. The van der Waals surface area contributed by atoms with Gasteiger partial charge in [0.05, 0.1) is 5.75 Å². The standard InChI is InChI=1S/C15H28N2O3S/c1-11(2)16-8-6-7-9-21(18,19)17-13(4)15-10-12(3)20-14(15)5/h10-11,13,16-17H,6-9H2,1-5H3. The van der Waals surface area contributed by atoms with Crippen molar-refractivity contribution >= 4 is 10.0 Å². The molecule has 21 heavy (non-hydrogen) atoms. The van der Waals surface area contributed by atoms with Crippen LogP contribution in [0.1, 0.15) is 56.7 Å². The third-order valence-electron chi connectivity index (χ3n) is 3.29. The van der Waals surface area contributed by atoms with E-state index in [1.165, 1.54) is 0 Å². The Balaban J connectivity index is 2.43. The molecule has 0 aliphatic heterocycles. The predicted molar refractivity (Wildman–Crippen MR) is 85.9 cm³/mol. The molecule has 122 valence electrons. The van der Waals surface area contributed by atoms with Crippen LogP contribution in [0.3, 0.4) is 0 Å². The Labute approximate surface area is 128 Å². The first-order chi connectivity index (χ1) is 9.71. The largest absolute Gasteiger partial charge is 0.466 e. The molecule has 1 atom stereocenters. The molecule has 0 spiro atoms. The van der Waals surface area contributed by atoms with Gasteiger partial charge in [-0.1, -0.05) is 13.8 Å². The molecule has 5 nitrogen and oxygen atoms in total. The van der Waals surface area contributed by atoms with E-state index in [2.05, 4.69) is 23.9 Å². The molecule has 0 bridgehead atoms. The van der Waals surface area contributed by atoms with E-state index in [0.717, 1.165) is 30.0 Å². The molecular formula is C15H28N2O3S. The molecule has 6 heteroatoms. The van der Waals surface area contributed by atoms with Crippen LogP contribution in [-0.4, -0.2) is 26.8 Å².